The number of hydrogen-bond donors (Lipinski definition) is 0. The molecule has 0 bridgehead atoms. The summed E-state index contributed by atoms with van der Waals surface area (Å²) >= 11 is 5.76. The van der Waals surface area contributed by atoms with E-state index in [2.05, 4.69) is 4.74 Å². The standard InChI is InChI=1S/C13H9ClO4/c1-17-13(16)7-12-10(15)6-11(18-12)8-2-4-9(14)5-3-8/h2-7H,1H3/b12-7-. The second-order valence-corrected chi connectivity index (χ2v) is 3.95. The highest BCUT2D eigenvalue weighted by molar-refractivity contribution is 6.30. The lowest BCUT2D eigenvalue weighted by Crippen LogP contribution is -2.01. The molecule has 0 radical (unpaired) electrons. The Morgan fingerprint density at radius 1 is 1.33 bits per heavy atom. The van der Waals surface area contributed by atoms with Crippen molar-refractivity contribution in [1.29, 1.82) is 0 Å². The number of rotatable bonds is 2. The van der Waals surface area contributed by atoms with E-state index in [0.717, 1.165) is 6.08 Å². The number of esters is 1. The lowest BCUT2D eigenvalue weighted by atomic mass is 10.2. The Morgan fingerprint density at radius 3 is 2.61 bits per heavy atom. The molecule has 0 fully saturated rings. The lowest BCUT2D eigenvalue weighted by molar-refractivity contribution is -0.135. The fourth-order valence-corrected chi connectivity index (χ4v) is 1.54. The quantitative estimate of drug-likeness (QED) is 0.608. The van der Waals surface area contributed by atoms with Crippen LogP contribution < -0.4 is 0 Å². The molecule has 1 heterocycles. The second kappa shape index (κ2) is 5.06. The summed E-state index contributed by atoms with van der Waals surface area (Å²) in [5, 5.41) is 0.592. The maximum Gasteiger partial charge on any atom is 0.334 e. The summed E-state index contributed by atoms with van der Waals surface area (Å²) < 4.78 is 9.73. The number of carbonyl (C=O) groups is 2. The van der Waals surface area contributed by atoms with Gasteiger partial charge in [-0.1, -0.05) is 11.6 Å². The van der Waals surface area contributed by atoms with Crippen molar-refractivity contribution < 1.29 is 19.1 Å². The minimum Gasteiger partial charge on any atom is -0.466 e. The Morgan fingerprint density at radius 2 is 2.00 bits per heavy atom. The third-order valence-electron chi connectivity index (χ3n) is 2.30. The van der Waals surface area contributed by atoms with Gasteiger partial charge in [-0.25, -0.2) is 4.79 Å². The van der Waals surface area contributed by atoms with Gasteiger partial charge in [-0.2, -0.15) is 0 Å². The predicted octanol–water partition coefficient (Wildman–Crippen LogP) is 2.34. The van der Waals surface area contributed by atoms with E-state index >= 15 is 0 Å². The van der Waals surface area contributed by atoms with Gasteiger partial charge in [-0.15, -0.1) is 0 Å². The van der Waals surface area contributed by atoms with E-state index < -0.39 is 5.97 Å². The average Bonchev–Trinajstić information content (AvgIpc) is 2.71. The summed E-state index contributed by atoms with van der Waals surface area (Å²) in [7, 11) is 1.23. The van der Waals surface area contributed by atoms with Crippen LogP contribution in [0.3, 0.4) is 0 Å². The molecule has 0 amide bonds. The number of allylic oxidation sites excluding steroid dienone is 1. The zero-order chi connectivity index (χ0) is 13.1. The molecule has 18 heavy (non-hydrogen) atoms. The van der Waals surface area contributed by atoms with E-state index in [1.165, 1.54) is 13.2 Å². The zero-order valence-corrected chi connectivity index (χ0v) is 10.2. The van der Waals surface area contributed by atoms with Crippen LogP contribution in [-0.2, 0) is 19.1 Å². The summed E-state index contributed by atoms with van der Waals surface area (Å²) in [6.07, 6.45) is 2.33. The molecular formula is C13H9ClO4. The van der Waals surface area contributed by atoms with Gasteiger partial charge in [0.25, 0.3) is 0 Å². The van der Waals surface area contributed by atoms with Crippen LogP contribution in [0.1, 0.15) is 5.56 Å². The third kappa shape index (κ3) is 2.60. The first-order valence-electron chi connectivity index (χ1n) is 5.09. The zero-order valence-electron chi connectivity index (χ0n) is 9.48. The van der Waals surface area contributed by atoms with E-state index in [1.54, 1.807) is 24.3 Å². The lowest BCUT2D eigenvalue weighted by Gasteiger charge is -2.03. The van der Waals surface area contributed by atoms with Crippen molar-refractivity contribution in [3.63, 3.8) is 0 Å². The highest BCUT2D eigenvalue weighted by Crippen LogP contribution is 2.27. The van der Waals surface area contributed by atoms with Gasteiger partial charge in [0.05, 0.1) is 13.2 Å². The van der Waals surface area contributed by atoms with Gasteiger partial charge in [0.15, 0.2) is 5.76 Å². The van der Waals surface area contributed by atoms with Crippen molar-refractivity contribution in [2.24, 2.45) is 0 Å². The molecule has 5 heteroatoms. The molecule has 0 saturated heterocycles. The fourth-order valence-electron chi connectivity index (χ4n) is 1.41. The molecule has 4 nitrogen and oxygen atoms in total. The molecule has 2 rings (SSSR count). The first-order valence-corrected chi connectivity index (χ1v) is 5.47. The molecule has 0 saturated carbocycles. The summed E-state index contributed by atoms with van der Waals surface area (Å²) in [5.41, 5.74) is 0.709. The number of ether oxygens (including phenoxy) is 2. The SMILES string of the molecule is COC(=O)/C=C1\OC(c2ccc(Cl)cc2)=CC1=O. The molecule has 1 aromatic rings. The highest BCUT2D eigenvalue weighted by atomic mass is 35.5. The van der Waals surface area contributed by atoms with E-state index in [9.17, 15) is 9.59 Å². The Balaban J connectivity index is 2.22. The van der Waals surface area contributed by atoms with Crippen molar-refractivity contribution in [2.45, 2.75) is 0 Å². The molecule has 0 N–H and O–H groups in total. The van der Waals surface area contributed by atoms with E-state index in [4.69, 9.17) is 16.3 Å². The largest absolute Gasteiger partial charge is 0.466 e. The fraction of sp³-hybridized carbons (Fsp3) is 0.0769. The van der Waals surface area contributed by atoms with Crippen LogP contribution in [0.15, 0.2) is 42.2 Å². The summed E-state index contributed by atoms with van der Waals surface area (Å²) in [5.74, 6) is -0.673. The molecule has 1 aliphatic rings. The van der Waals surface area contributed by atoms with Crippen LogP contribution in [0.25, 0.3) is 5.76 Å². The Labute approximate surface area is 108 Å². The first kappa shape index (κ1) is 12.4. The average molecular weight is 265 g/mol. The van der Waals surface area contributed by atoms with Gasteiger partial charge >= 0.3 is 5.97 Å². The van der Waals surface area contributed by atoms with Crippen LogP contribution >= 0.6 is 11.6 Å². The minimum absolute atomic E-state index is 0.0493. The summed E-state index contributed by atoms with van der Waals surface area (Å²) in [4.78, 5) is 22.6. The minimum atomic E-state index is -0.635. The van der Waals surface area contributed by atoms with E-state index in [-0.39, 0.29) is 11.5 Å². The Bertz CT molecular complexity index is 555. The van der Waals surface area contributed by atoms with Crippen molar-refractivity contribution in [2.75, 3.05) is 7.11 Å². The van der Waals surface area contributed by atoms with Crippen LogP contribution in [0.4, 0.5) is 0 Å². The monoisotopic (exact) mass is 264 g/mol. The van der Waals surface area contributed by atoms with Crippen LogP contribution in [0.5, 0.6) is 0 Å². The van der Waals surface area contributed by atoms with E-state index in [0.29, 0.717) is 16.3 Å². The number of ketones is 1. The van der Waals surface area contributed by atoms with Gasteiger partial charge in [0, 0.05) is 16.7 Å². The smallest absolute Gasteiger partial charge is 0.334 e. The van der Waals surface area contributed by atoms with Crippen LogP contribution in [0.2, 0.25) is 5.02 Å². The number of methoxy groups -OCH3 is 1. The Hall–Kier alpha value is -2.07. The summed E-state index contributed by atoms with van der Waals surface area (Å²) in [6.45, 7) is 0. The molecule has 0 spiro atoms. The maximum atomic E-state index is 11.6. The number of carbonyl (C=O) groups excluding carboxylic acids is 2. The maximum absolute atomic E-state index is 11.6. The summed E-state index contributed by atoms with van der Waals surface area (Å²) in [6, 6.07) is 6.83. The number of benzene rings is 1. The molecule has 92 valence electrons. The molecule has 1 aliphatic heterocycles. The molecule has 0 aromatic heterocycles. The number of hydrogen-bond acceptors (Lipinski definition) is 4. The topological polar surface area (TPSA) is 52.6 Å². The molecule has 1 aromatic carbocycles. The van der Waals surface area contributed by atoms with Gasteiger partial charge in [0.2, 0.25) is 5.78 Å². The van der Waals surface area contributed by atoms with Gasteiger partial charge in [-0.05, 0) is 24.3 Å². The highest BCUT2D eigenvalue weighted by Gasteiger charge is 2.22. The van der Waals surface area contributed by atoms with Gasteiger partial charge in [0.1, 0.15) is 5.76 Å². The second-order valence-electron chi connectivity index (χ2n) is 3.51. The number of halogens is 1. The first-order chi connectivity index (χ1) is 8.60. The van der Waals surface area contributed by atoms with Crippen molar-refractivity contribution in [1.82, 2.24) is 0 Å². The van der Waals surface area contributed by atoms with Crippen molar-refractivity contribution in [3.8, 4) is 0 Å². The predicted molar refractivity (Wildman–Crippen MR) is 65.6 cm³/mol. The van der Waals surface area contributed by atoms with Gasteiger partial charge in [-0.3, -0.25) is 4.79 Å². The van der Waals surface area contributed by atoms with Crippen molar-refractivity contribution >= 4 is 29.1 Å². The Kier molecular flexibility index (Phi) is 3.48. The molecule has 0 aliphatic carbocycles. The normalized spacial score (nSPS) is 16.4. The van der Waals surface area contributed by atoms with Crippen LogP contribution in [0, 0.1) is 0 Å². The third-order valence-corrected chi connectivity index (χ3v) is 2.56. The molecule has 0 atom stereocenters. The van der Waals surface area contributed by atoms with Crippen molar-refractivity contribution in [3.05, 3.63) is 52.8 Å². The van der Waals surface area contributed by atoms with Gasteiger partial charge < -0.3 is 9.47 Å². The van der Waals surface area contributed by atoms with Crippen LogP contribution in [-0.4, -0.2) is 18.9 Å². The van der Waals surface area contributed by atoms with E-state index in [1.807, 2.05) is 0 Å². The molecule has 0 unspecified atom stereocenters. The molecular weight excluding hydrogens is 256 g/mol.